The van der Waals surface area contributed by atoms with E-state index in [-0.39, 0.29) is 56.6 Å². The molecule has 1 atom stereocenters. The molecule has 0 saturated heterocycles. The molecule has 2 aromatic carbocycles. The summed E-state index contributed by atoms with van der Waals surface area (Å²) in [4.78, 5) is 32.8. The number of fused-ring (bicyclic) bond motifs is 1. The number of carbonyl (C=O) groups is 1. The fraction of sp³-hybridized carbons (Fsp3) is 0.444. The third kappa shape index (κ3) is 7.76. The fourth-order valence-corrected chi connectivity index (χ4v) is 4.38. The van der Waals surface area contributed by atoms with Crippen molar-refractivity contribution in [1.82, 2.24) is 14.5 Å². The smallest absolute Gasteiger partial charge is 0.385 e. The van der Waals surface area contributed by atoms with E-state index in [9.17, 15) is 35.9 Å². The average Bonchev–Trinajstić information content (AvgIpc) is 2.91. The van der Waals surface area contributed by atoms with Gasteiger partial charge in [0.25, 0.3) is 5.56 Å². The molecule has 1 unspecified atom stereocenters. The van der Waals surface area contributed by atoms with Crippen LogP contribution < -0.4 is 10.9 Å². The number of benzene rings is 2. The summed E-state index contributed by atoms with van der Waals surface area (Å²) in [5, 5.41) is 2.53. The molecule has 0 fully saturated rings. The first-order valence-electron chi connectivity index (χ1n) is 12.7. The average molecular weight is 589 g/mol. The Kier molecular flexibility index (Phi) is 10.4. The molecule has 1 aromatic heterocycles. The quantitative estimate of drug-likeness (QED) is 0.216. The molecule has 0 aliphatic carbocycles. The van der Waals surface area contributed by atoms with Crippen LogP contribution in [0.25, 0.3) is 10.9 Å². The fourth-order valence-electron chi connectivity index (χ4n) is 4.38. The highest BCUT2D eigenvalue weighted by Crippen LogP contribution is 2.38. The van der Waals surface area contributed by atoms with Crippen LogP contribution >= 0.6 is 0 Å². The van der Waals surface area contributed by atoms with Crippen molar-refractivity contribution in [2.75, 3.05) is 39.3 Å². The second kappa shape index (κ2) is 13.3. The number of nitrogens with one attached hydrogen (secondary N) is 1. The molecular weight excluding hydrogens is 558 g/mol. The lowest BCUT2D eigenvalue weighted by Crippen LogP contribution is -2.42. The van der Waals surface area contributed by atoms with Gasteiger partial charge in [-0.3, -0.25) is 9.36 Å². The Balaban J connectivity index is 2.11. The number of rotatable bonds is 11. The molecule has 14 heteroatoms. The van der Waals surface area contributed by atoms with Gasteiger partial charge in [0, 0.05) is 33.1 Å². The number of ether oxygens (including phenoxy) is 2. The summed E-state index contributed by atoms with van der Waals surface area (Å²) in [6.07, 6.45) is -9.67. The number of amides is 2. The van der Waals surface area contributed by atoms with Gasteiger partial charge in [0.1, 0.15) is 5.82 Å². The molecular formula is C27H30F6N4O4. The van der Waals surface area contributed by atoms with Gasteiger partial charge in [-0.1, -0.05) is 19.1 Å². The Labute approximate surface area is 231 Å². The van der Waals surface area contributed by atoms with Crippen molar-refractivity contribution in [2.24, 2.45) is 0 Å². The summed E-state index contributed by atoms with van der Waals surface area (Å²) in [6.45, 7) is 2.16. The van der Waals surface area contributed by atoms with Gasteiger partial charge in [-0.15, -0.1) is 0 Å². The second-order valence-corrected chi connectivity index (χ2v) is 9.13. The molecule has 1 N–H and O–H groups in total. The largest absolute Gasteiger partial charge is 0.416 e. The lowest BCUT2D eigenvalue weighted by molar-refractivity contribution is -0.143. The van der Waals surface area contributed by atoms with E-state index in [2.05, 4.69) is 10.3 Å². The molecule has 41 heavy (non-hydrogen) atoms. The van der Waals surface area contributed by atoms with Crippen molar-refractivity contribution in [3.63, 3.8) is 0 Å². The zero-order valence-electron chi connectivity index (χ0n) is 22.6. The molecule has 2 amide bonds. The molecule has 8 nitrogen and oxygen atoms in total. The Hall–Kier alpha value is -3.65. The number of anilines is 1. The first kappa shape index (κ1) is 31.9. The Bertz CT molecular complexity index is 1380. The van der Waals surface area contributed by atoms with Gasteiger partial charge in [0.15, 0.2) is 0 Å². The van der Waals surface area contributed by atoms with E-state index >= 15 is 0 Å². The molecule has 0 aliphatic heterocycles. The second-order valence-electron chi connectivity index (χ2n) is 9.13. The predicted octanol–water partition coefficient (Wildman–Crippen LogP) is 6.10. The number of aromatic nitrogens is 2. The zero-order valence-corrected chi connectivity index (χ0v) is 22.6. The molecule has 1 heterocycles. The number of para-hydroxylation sites is 1. The Morgan fingerprint density at radius 3 is 2.17 bits per heavy atom. The summed E-state index contributed by atoms with van der Waals surface area (Å²) in [5.41, 5.74) is -3.84. The minimum absolute atomic E-state index is 0.00373. The van der Waals surface area contributed by atoms with Crippen molar-refractivity contribution in [3.05, 3.63) is 69.8 Å². The highest BCUT2D eigenvalue weighted by atomic mass is 19.4. The summed E-state index contributed by atoms with van der Waals surface area (Å²) in [6, 6.07) is 5.60. The van der Waals surface area contributed by atoms with E-state index in [1.807, 2.05) is 0 Å². The Morgan fingerprint density at radius 1 is 1.00 bits per heavy atom. The lowest BCUT2D eigenvalue weighted by Gasteiger charge is -2.32. The maximum Gasteiger partial charge on any atom is 0.416 e. The highest BCUT2D eigenvalue weighted by molar-refractivity contribution is 5.90. The summed E-state index contributed by atoms with van der Waals surface area (Å²) >= 11 is 0. The summed E-state index contributed by atoms with van der Waals surface area (Å²) in [7, 11) is 2.89. The SMILES string of the molecule is CCC(c1nc2ccccc2c(=O)n1CCOC)N(CCCOC)C(=O)Nc1cc(C(F)(F)F)cc(C(F)(F)F)c1. The van der Waals surface area contributed by atoms with Gasteiger partial charge < -0.3 is 19.7 Å². The van der Waals surface area contributed by atoms with Crippen LogP contribution in [0.2, 0.25) is 0 Å². The summed E-state index contributed by atoms with van der Waals surface area (Å²) in [5.74, 6) is 0.195. The van der Waals surface area contributed by atoms with E-state index in [1.54, 1.807) is 31.2 Å². The molecule has 0 aliphatic rings. The topological polar surface area (TPSA) is 85.7 Å². The monoisotopic (exact) mass is 588 g/mol. The number of nitrogens with zero attached hydrogens (tertiary/aromatic N) is 3. The van der Waals surface area contributed by atoms with E-state index in [4.69, 9.17) is 9.47 Å². The third-order valence-electron chi connectivity index (χ3n) is 6.32. The van der Waals surface area contributed by atoms with Crippen LogP contribution in [-0.4, -0.2) is 54.5 Å². The third-order valence-corrected chi connectivity index (χ3v) is 6.32. The van der Waals surface area contributed by atoms with Gasteiger partial charge in [0.05, 0.1) is 41.2 Å². The van der Waals surface area contributed by atoms with Gasteiger partial charge in [-0.2, -0.15) is 26.3 Å². The molecule has 3 aromatic rings. The first-order chi connectivity index (χ1) is 19.3. The van der Waals surface area contributed by atoms with Crippen molar-refractivity contribution < 1.29 is 40.6 Å². The van der Waals surface area contributed by atoms with Crippen molar-refractivity contribution in [2.45, 2.75) is 44.7 Å². The molecule has 0 radical (unpaired) electrons. The summed E-state index contributed by atoms with van der Waals surface area (Å²) < 4.78 is 92.0. The highest BCUT2D eigenvalue weighted by Gasteiger charge is 2.37. The number of halogens is 6. The maximum absolute atomic E-state index is 13.5. The molecule has 0 bridgehead atoms. The molecule has 0 spiro atoms. The van der Waals surface area contributed by atoms with Crippen molar-refractivity contribution in [1.29, 1.82) is 0 Å². The minimum Gasteiger partial charge on any atom is -0.385 e. The lowest BCUT2D eigenvalue weighted by atomic mass is 10.1. The number of carbonyl (C=O) groups excluding carboxylic acids is 1. The van der Waals surface area contributed by atoms with Crippen LogP contribution in [0.3, 0.4) is 0 Å². The van der Waals surface area contributed by atoms with Gasteiger partial charge in [0.2, 0.25) is 0 Å². The normalized spacial score (nSPS) is 12.9. The van der Waals surface area contributed by atoms with Crippen LogP contribution in [0, 0.1) is 0 Å². The molecule has 0 saturated carbocycles. The van der Waals surface area contributed by atoms with Gasteiger partial charge in [-0.25, -0.2) is 9.78 Å². The van der Waals surface area contributed by atoms with Crippen LogP contribution in [0.5, 0.6) is 0 Å². The number of urea groups is 1. The van der Waals surface area contributed by atoms with Crippen LogP contribution in [-0.2, 0) is 28.4 Å². The van der Waals surface area contributed by atoms with E-state index in [0.29, 0.717) is 23.0 Å². The number of alkyl halides is 6. The molecule has 3 rings (SSSR count). The maximum atomic E-state index is 13.5. The first-order valence-corrected chi connectivity index (χ1v) is 12.7. The molecule has 224 valence electrons. The zero-order chi connectivity index (χ0) is 30.4. The number of methoxy groups -OCH3 is 2. The van der Waals surface area contributed by atoms with E-state index in [0.717, 1.165) is 0 Å². The van der Waals surface area contributed by atoms with Crippen LogP contribution in [0.4, 0.5) is 36.8 Å². The van der Waals surface area contributed by atoms with Gasteiger partial charge >= 0.3 is 18.4 Å². The Morgan fingerprint density at radius 2 is 1.61 bits per heavy atom. The standard InChI is InChI=1S/C27H30F6N4O4/c1-4-22(23-35-21-9-6-5-8-20(21)24(38)37(23)11-13-41-3)36(10-7-12-40-2)25(39)34-19-15-17(26(28,29)30)14-18(16-19)27(31,32)33/h5-6,8-9,14-16,22H,4,7,10-13H2,1-3H3,(H,34,39). The van der Waals surface area contributed by atoms with Crippen molar-refractivity contribution in [3.8, 4) is 0 Å². The van der Waals surface area contributed by atoms with Crippen LogP contribution in [0.1, 0.15) is 42.8 Å². The number of hydrogen-bond donors (Lipinski definition) is 1. The van der Waals surface area contributed by atoms with Gasteiger partial charge in [-0.05, 0) is 43.2 Å². The predicted molar refractivity (Wildman–Crippen MR) is 140 cm³/mol. The van der Waals surface area contributed by atoms with E-state index in [1.165, 1.54) is 23.7 Å². The van der Waals surface area contributed by atoms with E-state index < -0.39 is 41.2 Å². The number of hydrogen-bond acceptors (Lipinski definition) is 5. The minimum atomic E-state index is -5.09. The van der Waals surface area contributed by atoms with Crippen LogP contribution in [0.15, 0.2) is 47.3 Å². The van der Waals surface area contributed by atoms with Crippen molar-refractivity contribution >= 4 is 22.6 Å².